The summed E-state index contributed by atoms with van der Waals surface area (Å²) in [6.07, 6.45) is 7.38. The molecule has 0 bridgehead atoms. The first-order valence-corrected chi connectivity index (χ1v) is 21.4. The molecule has 10 heteroatoms. The van der Waals surface area contributed by atoms with E-state index in [-0.39, 0.29) is 35.7 Å². The fourth-order valence-corrected chi connectivity index (χ4v) is 9.66. The highest BCUT2D eigenvalue weighted by molar-refractivity contribution is 6.32. The summed E-state index contributed by atoms with van der Waals surface area (Å²) < 4.78 is 19.6. The van der Waals surface area contributed by atoms with Crippen LogP contribution in [0.2, 0.25) is 5.02 Å². The van der Waals surface area contributed by atoms with E-state index >= 15 is 0 Å². The molecule has 4 aromatic rings. The summed E-state index contributed by atoms with van der Waals surface area (Å²) >= 11 is 6.98. The van der Waals surface area contributed by atoms with Crippen LogP contribution in [-0.4, -0.2) is 47.6 Å². The lowest BCUT2D eigenvalue weighted by molar-refractivity contribution is -0.122. The maximum absolute atomic E-state index is 11.7. The molecule has 1 aliphatic carbocycles. The van der Waals surface area contributed by atoms with Gasteiger partial charge in [-0.15, -0.1) is 0 Å². The number of halogens is 1. The van der Waals surface area contributed by atoms with E-state index < -0.39 is 0 Å². The van der Waals surface area contributed by atoms with Crippen molar-refractivity contribution in [2.24, 2.45) is 0 Å². The molecule has 9 nitrogen and oxygen atoms in total. The number of hydrogen-bond acceptors (Lipinski definition) is 8. The third-order valence-corrected chi connectivity index (χ3v) is 12.8. The number of hydrogen-bond donors (Lipinski definition) is 2. The van der Waals surface area contributed by atoms with Gasteiger partial charge in [-0.2, -0.15) is 10.5 Å². The second kappa shape index (κ2) is 18.1. The molecule has 4 aromatic carbocycles. The zero-order valence-electron chi connectivity index (χ0n) is 35.1. The predicted molar refractivity (Wildman–Crippen MR) is 232 cm³/mol. The Morgan fingerprint density at radius 1 is 0.881 bits per heavy atom. The Hall–Kier alpha value is -5.06. The molecule has 7 rings (SSSR count). The predicted octanol–water partition coefficient (Wildman–Crippen LogP) is 9.88. The first kappa shape index (κ1) is 42.1. The van der Waals surface area contributed by atoms with Crippen LogP contribution in [-0.2, 0) is 24.4 Å². The molecule has 0 aromatic heterocycles. The largest absolute Gasteiger partial charge is 0.493 e. The van der Waals surface area contributed by atoms with E-state index in [9.17, 15) is 15.3 Å². The van der Waals surface area contributed by atoms with Crippen LogP contribution in [0.4, 0.5) is 0 Å². The van der Waals surface area contributed by atoms with Crippen LogP contribution in [0.3, 0.4) is 0 Å². The van der Waals surface area contributed by atoms with Crippen molar-refractivity contribution >= 4 is 17.5 Å². The highest BCUT2D eigenvalue weighted by Gasteiger charge is 2.40. The number of carbonyl (C=O) groups is 1. The van der Waals surface area contributed by atoms with Gasteiger partial charge in [-0.3, -0.25) is 9.69 Å². The third-order valence-electron chi connectivity index (χ3n) is 12.5. The van der Waals surface area contributed by atoms with E-state index in [0.717, 1.165) is 54.7 Å². The van der Waals surface area contributed by atoms with E-state index in [1.54, 1.807) is 18.2 Å². The number of carbonyl (C=O) groups excluding carboxylic acids is 1. The lowest BCUT2D eigenvalue weighted by atomic mass is 9.80. The molecule has 0 spiro atoms. The average molecular weight is 814 g/mol. The van der Waals surface area contributed by atoms with Gasteiger partial charge < -0.3 is 24.8 Å². The highest BCUT2D eigenvalue weighted by Crippen LogP contribution is 2.44. The van der Waals surface area contributed by atoms with Crippen molar-refractivity contribution in [3.05, 3.63) is 111 Å². The first-order chi connectivity index (χ1) is 28.3. The summed E-state index contributed by atoms with van der Waals surface area (Å²) in [4.78, 5) is 14.4. The van der Waals surface area contributed by atoms with Crippen molar-refractivity contribution < 1.29 is 19.0 Å². The minimum Gasteiger partial charge on any atom is -0.493 e. The molecule has 0 saturated carbocycles. The minimum absolute atomic E-state index is 0.0637. The average Bonchev–Trinajstić information content (AvgIpc) is 3.63. The molecule has 2 aliphatic heterocycles. The number of amides is 1. The van der Waals surface area contributed by atoms with Crippen LogP contribution in [0.25, 0.3) is 11.1 Å². The Bertz CT molecular complexity index is 2220. The number of likely N-dealkylation sites (tertiary alicyclic amines) is 1. The third kappa shape index (κ3) is 9.71. The molecule has 0 unspecified atom stereocenters. The van der Waals surface area contributed by atoms with E-state index in [4.69, 9.17) is 25.8 Å². The quantitative estimate of drug-likeness (QED) is 0.121. The number of benzene rings is 4. The number of fused-ring (bicyclic) bond motifs is 1. The van der Waals surface area contributed by atoms with Crippen LogP contribution in [0.15, 0.2) is 66.7 Å². The van der Waals surface area contributed by atoms with E-state index in [2.05, 4.69) is 98.7 Å². The SMILES string of the molecule is Cc1c(OCCCN2C(C)(C)CCCC2(C)C)cccc1-c1cccc2c1CC[C@@H]2Oc1cc(OCc2cc(C#N)cc(C#N)c2)c(CN[C@H]2CCC(=O)NC2)cc1Cl. The summed E-state index contributed by atoms with van der Waals surface area (Å²) in [5.41, 5.74) is 8.64. The van der Waals surface area contributed by atoms with Gasteiger partial charge in [-0.05, 0) is 143 Å². The number of nitrogens with one attached hydrogen (secondary N) is 2. The Labute approximate surface area is 354 Å². The van der Waals surface area contributed by atoms with E-state index in [0.29, 0.717) is 59.3 Å². The fraction of sp³-hybridized carbons (Fsp3) is 0.449. The van der Waals surface area contributed by atoms with Crippen molar-refractivity contribution in [3.8, 4) is 40.5 Å². The van der Waals surface area contributed by atoms with Crippen LogP contribution >= 0.6 is 11.6 Å². The Morgan fingerprint density at radius 3 is 2.32 bits per heavy atom. The summed E-state index contributed by atoms with van der Waals surface area (Å²) in [5.74, 6) is 2.09. The Balaban J connectivity index is 1.08. The molecule has 59 heavy (non-hydrogen) atoms. The van der Waals surface area contributed by atoms with Gasteiger partial charge >= 0.3 is 0 Å². The molecule has 3 aliphatic rings. The zero-order chi connectivity index (χ0) is 41.7. The summed E-state index contributed by atoms with van der Waals surface area (Å²) in [6.45, 7) is 14.5. The molecule has 308 valence electrons. The smallest absolute Gasteiger partial charge is 0.220 e. The maximum atomic E-state index is 11.7. The fourth-order valence-electron chi connectivity index (χ4n) is 9.43. The van der Waals surface area contributed by atoms with Gasteiger partial charge in [-0.25, -0.2) is 0 Å². The minimum atomic E-state index is -0.210. The molecule has 2 N–H and O–H groups in total. The normalized spacial score (nSPS) is 19.6. The van der Waals surface area contributed by atoms with Crippen molar-refractivity contribution in [1.29, 1.82) is 10.5 Å². The zero-order valence-corrected chi connectivity index (χ0v) is 35.8. The van der Waals surface area contributed by atoms with Crippen molar-refractivity contribution in [2.75, 3.05) is 19.7 Å². The number of nitrogens with zero attached hydrogens (tertiary/aromatic N) is 3. The molecule has 2 heterocycles. The molecule has 2 saturated heterocycles. The Morgan fingerprint density at radius 2 is 1.61 bits per heavy atom. The molecule has 1 amide bonds. The second-order valence-electron chi connectivity index (χ2n) is 17.5. The number of piperidine rings is 2. The van der Waals surface area contributed by atoms with Crippen LogP contribution in [0, 0.1) is 29.6 Å². The van der Waals surface area contributed by atoms with E-state index in [1.165, 1.54) is 36.0 Å². The topological polar surface area (TPSA) is 120 Å². The van der Waals surface area contributed by atoms with Gasteiger partial charge in [0.2, 0.25) is 5.91 Å². The summed E-state index contributed by atoms with van der Waals surface area (Å²) in [7, 11) is 0. The number of rotatable bonds is 14. The number of nitriles is 2. The van der Waals surface area contributed by atoms with Crippen LogP contribution in [0.1, 0.15) is 118 Å². The highest BCUT2D eigenvalue weighted by atomic mass is 35.5. The van der Waals surface area contributed by atoms with Crippen LogP contribution < -0.4 is 24.8 Å². The molecule has 2 fully saturated rings. The van der Waals surface area contributed by atoms with Gasteiger partial charge in [0.15, 0.2) is 0 Å². The van der Waals surface area contributed by atoms with Gasteiger partial charge in [-0.1, -0.05) is 41.9 Å². The van der Waals surface area contributed by atoms with Gasteiger partial charge in [0, 0.05) is 54.8 Å². The van der Waals surface area contributed by atoms with Crippen LogP contribution in [0.5, 0.6) is 17.2 Å². The molecular weight excluding hydrogens is 758 g/mol. The first-order valence-electron chi connectivity index (χ1n) is 21.0. The maximum Gasteiger partial charge on any atom is 0.220 e. The lowest BCUT2D eigenvalue weighted by Crippen LogP contribution is -2.58. The van der Waals surface area contributed by atoms with Crippen molar-refractivity contribution in [2.45, 2.75) is 122 Å². The van der Waals surface area contributed by atoms with Gasteiger partial charge in [0.25, 0.3) is 0 Å². The van der Waals surface area contributed by atoms with Gasteiger partial charge in [0.05, 0.1) is 34.9 Å². The molecular formula is C49H56ClN5O4. The van der Waals surface area contributed by atoms with Gasteiger partial charge in [0.1, 0.15) is 30.0 Å². The van der Waals surface area contributed by atoms with E-state index in [1.807, 2.05) is 12.1 Å². The second-order valence-corrected chi connectivity index (χ2v) is 17.9. The summed E-state index contributed by atoms with van der Waals surface area (Å²) in [5, 5.41) is 26.0. The Kier molecular flexibility index (Phi) is 12.9. The summed E-state index contributed by atoms with van der Waals surface area (Å²) in [6, 6.07) is 25.9. The van der Waals surface area contributed by atoms with Crippen molar-refractivity contribution in [1.82, 2.24) is 15.5 Å². The number of ether oxygens (including phenoxy) is 3. The molecule has 2 atom stereocenters. The monoisotopic (exact) mass is 813 g/mol. The lowest BCUT2D eigenvalue weighted by Gasteiger charge is -2.53. The standard InChI is InChI=1S/C49H56ClN5O4/c1-32-38(10-7-13-43(32)57-21-9-20-55-48(2,3)18-8-19-49(55,4)5)39-11-6-12-41-40(39)15-16-44(41)59-46-26-45(58-31-35-23-33(27-51)22-34(24-35)28-52)36(25-42(46)50)29-53-37-14-17-47(56)54-30-37/h6-7,10-13,22-26,37,44,53H,8-9,14-21,29-31H2,1-5H3,(H,54,56)/t37-,44-/m0/s1. The van der Waals surface area contributed by atoms with Crippen molar-refractivity contribution in [3.63, 3.8) is 0 Å². The molecule has 0 radical (unpaired) electrons.